The van der Waals surface area contributed by atoms with Crippen LogP contribution in [-0.4, -0.2) is 37.2 Å². The van der Waals surface area contributed by atoms with E-state index < -0.39 is 15.8 Å². The van der Waals surface area contributed by atoms with Crippen molar-refractivity contribution >= 4 is 15.8 Å². The highest BCUT2D eigenvalue weighted by Gasteiger charge is 2.11. The number of anilines is 1. The third-order valence-electron chi connectivity index (χ3n) is 2.22. The maximum absolute atomic E-state index is 13.7. The lowest BCUT2D eigenvalue weighted by Crippen LogP contribution is -2.29. The Balaban J connectivity index is 2.60. The predicted molar refractivity (Wildman–Crippen MR) is 67.3 cm³/mol. The number of nitrogens with one attached hydrogen (secondary N) is 2. The third kappa shape index (κ3) is 4.19. The van der Waals surface area contributed by atoms with Crippen LogP contribution in [0, 0.1) is 5.82 Å². The highest BCUT2D eigenvalue weighted by molar-refractivity contribution is 7.89. The van der Waals surface area contributed by atoms with Gasteiger partial charge in [0.1, 0.15) is 6.33 Å². The first kappa shape index (κ1) is 14.8. The van der Waals surface area contributed by atoms with Crippen LogP contribution in [0.4, 0.5) is 10.2 Å². The van der Waals surface area contributed by atoms with Gasteiger partial charge in [0.15, 0.2) is 11.6 Å². The van der Waals surface area contributed by atoms with Gasteiger partial charge in [-0.2, -0.15) is 0 Å². The van der Waals surface area contributed by atoms with E-state index in [2.05, 4.69) is 20.0 Å². The molecule has 0 saturated carbocycles. The summed E-state index contributed by atoms with van der Waals surface area (Å²) in [5.74, 6) is -0.624. The number of hydrogen-bond donors (Lipinski definition) is 2. The first-order chi connectivity index (χ1) is 8.50. The number of rotatable bonds is 7. The molecule has 0 atom stereocenters. The number of halogens is 1. The molecule has 0 spiro atoms. The molecule has 0 aliphatic rings. The Hall–Kier alpha value is -1.28. The summed E-state index contributed by atoms with van der Waals surface area (Å²) in [7, 11) is -3.31. The lowest BCUT2D eigenvalue weighted by atomic mass is 10.3. The Morgan fingerprint density at radius 2 is 2.06 bits per heavy atom. The van der Waals surface area contributed by atoms with E-state index in [1.54, 1.807) is 13.8 Å². The highest BCUT2D eigenvalue weighted by Crippen LogP contribution is 2.12. The lowest BCUT2D eigenvalue weighted by molar-refractivity contribution is 0.583. The van der Waals surface area contributed by atoms with Crippen LogP contribution < -0.4 is 10.0 Å². The van der Waals surface area contributed by atoms with E-state index in [4.69, 9.17) is 0 Å². The zero-order valence-electron chi connectivity index (χ0n) is 10.4. The van der Waals surface area contributed by atoms with Gasteiger partial charge in [0.2, 0.25) is 10.0 Å². The van der Waals surface area contributed by atoms with Crippen LogP contribution in [0.1, 0.15) is 19.5 Å². The highest BCUT2D eigenvalue weighted by atomic mass is 32.2. The Bertz CT molecular complexity index is 493. The number of nitrogens with zero attached hydrogens (tertiary/aromatic N) is 2. The van der Waals surface area contributed by atoms with E-state index in [1.807, 2.05) is 0 Å². The molecule has 0 saturated heterocycles. The Kier molecular flexibility index (Phi) is 5.42. The molecular weight excluding hydrogens is 259 g/mol. The molecule has 2 N–H and O–H groups in total. The molecule has 1 heterocycles. The van der Waals surface area contributed by atoms with Gasteiger partial charge < -0.3 is 5.32 Å². The molecule has 18 heavy (non-hydrogen) atoms. The van der Waals surface area contributed by atoms with Gasteiger partial charge in [-0.1, -0.05) is 13.8 Å². The maximum atomic E-state index is 13.7. The molecule has 0 aliphatic heterocycles. The van der Waals surface area contributed by atoms with E-state index in [1.165, 1.54) is 6.33 Å². The molecule has 0 fully saturated rings. The number of sulfonamides is 1. The minimum Gasteiger partial charge on any atom is -0.366 e. The van der Waals surface area contributed by atoms with Crippen molar-refractivity contribution in [3.8, 4) is 0 Å². The summed E-state index contributed by atoms with van der Waals surface area (Å²) < 4.78 is 38.7. The van der Waals surface area contributed by atoms with Gasteiger partial charge >= 0.3 is 0 Å². The van der Waals surface area contributed by atoms with Crippen LogP contribution in [0.15, 0.2) is 6.33 Å². The van der Waals surface area contributed by atoms with Crippen LogP contribution in [0.25, 0.3) is 0 Å². The second kappa shape index (κ2) is 6.60. The molecule has 102 valence electrons. The summed E-state index contributed by atoms with van der Waals surface area (Å²) in [6.45, 7) is 3.91. The van der Waals surface area contributed by atoms with Crippen molar-refractivity contribution in [3.05, 3.63) is 17.8 Å². The predicted octanol–water partition coefficient (Wildman–Crippen LogP) is 0.529. The molecule has 1 aromatic heterocycles. The molecule has 1 rings (SSSR count). The Labute approximate surface area is 106 Å². The van der Waals surface area contributed by atoms with Gasteiger partial charge in [-0.05, 0) is 6.42 Å². The molecule has 0 bridgehead atoms. The lowest BCUT2D eigenvalue weighted by Gasteiger charge is -2.08. The van der Waals surface area contributed by atoms with Crippen molar-refractivity contribution in [3.63, 3.8) is 0 Å². The average Bonchev–Trinajstić information content (AvgIpc) is 2.31. The minimum atomic E-state index is -3.31. The topological polar surface area (TPSA) is 84.0 Å². The standard InChI is InChI=1S/C10H17FN4O2S/c1-3-8-9(11)10(14-7-13-8)12-5-6-18(16,17)15-4-2/h7,15H,3-6H2,1-2H3,(H,12,13,14). The number of aryl methyl sites for hydroxylation is 1. The van der Waals surface area contributed by atoms with Crippen LogP contribution in [0.3, 0.4) is 0 Å². The molecule has 0 radical (unpaired) electrons. The minimum absolute atomic E-state index is 0.0357. The van der Waals surface area contributed by atoms with Gasteiger partial charge in [0, 0.05) is 13.1 Å². The maximum Gasteiger partial charge on any atom is 0.213 e. The van der Waals surface area contributed by atoms with Gasteiger partial charge in [0.25, 0.3) is 0 Å². The summed E-state index contributed by atoms with van der Waals surface area (Å²) in [5.41, 5.74) is 0.307. The summed E-state index contributed by atoms with van der Waals surface area (Å²) in [4.78, 5) is 7.53. The fourth-order valence-electron chi connectivity index (χ4n) is 1.37. The molecule has 8 heteroatoms. The van der Waals surface area contributed by atoms with Crippen molar-refractivity contribution in [1.29, 1.82) is 0 Å². The first-order valence-electron chi connectivity index (χ1n) is 5.70. The summed E-state index contributed by atoms with van der Waals surface area (Å²) in [6.07, 6.45) is 1.71. The number of aromatic nitrogens is 2. The van der Waals surface area contributed by atoms with E-state index >= 15 is 0 Å². The van der Waals surface area contributed by atoms with Crippen molar-refractivity contribution in [2.24, 2.45) is 0 Å². The van der Waals surface area contributed by atoms with E-state index in [9.17, 15) is 12.8 Å². The van der Waals surface area contributed by atoms with E-state index in [0.717, 1.165) is 0 Å². The van der Waals surface area contributed by atoms with Gasteiger partial charge in [-0.25, -0.2) is 27.5 Å². The van der Waals surface area contributed by atoms with Crippen molar-refractivity contribution in [1.82, 2.24) is 14.7 Å². The van der Waals surface area contributed by atoms with E-state index in [-0.39, 0.29) is 18.1 Å². The Morgan fingerprint density at radius 1 is 1.33 bits per heavy atom. The molecule has 6 nitrogen and oxygen atoms in total. The van der Waals surface area contributed by atoms with Crippen LogP contribution in [0.2, 0.25) is 0 Å². The second-order valence-electron chi connectivity index (χ2n) is 3.58. The van der Waals surface area contributed by atoms with Crippen LogP contribution in [0.5, 0.6) is 0 Å². The van der Waals surface area contributed by atoms with Crippen molar-refractivity contribution in [2.75, 3.05) is 24.2 Å². The smallest absolute Gasteiger partial charge is 0.213 e. The zero-order chi connectivity index (χ0) is 13.6. The molecule has 0 aliphatic carbocycles. The SMILES string of the molecule is CCNS(=O)(=O)CCNc1ncnc(CC)c1F. The van der Waals surface area contributed by atoms with Crippen molar-refractivity contribution in [2.45, 2.75) is 20.3 Å². The molecule has 0 amide bonds. The van der Waals surface area contributed by atoms with E-state index in [0.29, 0.717) is 18.7 Å². The summed E-state index contributed by atoms with van der Waals surface area (Å²) >= 11 is 0. The molecule has 1 aromatic rings. The molecule has 0 aromatic carbocycles. The summed E-state index contributed by atoms with van der Waals surface area (Å²) in [6, 6.07) is 0. The van der Waals surface area contributed by atoms with Gasteiger partial charge in [-0.15, -0.1) is 0 Å². The fraction of sp³-hybridized carbons (Fsp3) is 0.600. The van der Waals surface area contributed by atoms with Crippen LogP contribution in [-0.2, 0) is 16.4 Å². The van der Waals surface area contributed by atoms with Crippen LogP contribution >= 0.6 is 0 Å². The second-order valence-corrected chi connectivity index (χ2v) is 5.51. The first-order valence-corrected chi connectivity index (χ1v) is 7.36. The van der Waals surface area contributed by atoms with Gasteiger partial charge in [-0.3, -0.25) is 0 Å². The average molecular weight is 276 g/mol. The fourth-order valence-corrected chi connectivity index (χ4v) is 2.33. The number of hydrogen-bond acceptors (Lipinski definition) is 5. The van der Waals surface area contributed by atoms with Crippen molar-refractivity contribution < 1.29 is 12.8 Å². The zero-order valence-corrected chi connectivity index (χ0v) is 11.2. The molecular formula is C10H17FN4O2S. The third-order valence-corrected chi connectivity index (χ3v) is 3.69. The monoisotopic (exact) mass is 276 g/mol. The summed E-state index contributed by atoms with van der Waals surface area (Å²) in [5, 5.41) is 2.66. The van der Waals surface area contributed by atoms with Gasteiger partial charge in [0.05, 0.1) is 11.4 Å². The molecule has 0 unspecified atom stereocenters. The quantitative estimate of drug-likeness (QED) is 0.759. The Morgan fingerprint density at radius 3 is 2.67 bits per heavy atom. The normalized spacial score (nSPS) is 11.5. The largest absolute Gasteiger partial charge is 0.366 e.